The van der Waals surface area contributed by atoms with E-state index in [9.17, 15) is 24.0 Å². The van der Waals surface area contributed by atoms with Crippen LogP contribution in [-0.2, 0) is 166 Å². The van der Waals surface area contributed by atoms with Crippen molar-refractivity contribution in [2.24, 2.45) is 5.73 Å². The maximum Gasteiger partial charge on any atom is 0.239 e. The smallest absolute Gasteiger partial charge is 0.239 e. The van der Waals surface area contributed by atoms with E-state index in [4.69, 9.17) is 148 Å². The summed E-state index contributed by atoms with van der Waals surface area (Å²) in [6.45, 7) is 25.1. The summed E-state index contributed by atoms with van der Waals surface area (Å²) in [7, 11) is 6.49. The summed E-state index contributed by atoms with van der Waals surface area (Å²) < 4.78 is 164. The highest BCUT2D eigenvalue weighted by Gasteiger charge is 2.21. The Morgan fingerprint density at radius 2 is 0.423 bits per heavy atom. The van der Waals surface area contributed by atoms with Crippen LogP contribution in [0.15, 0.2) is 0 Å². The number of nitrogens with zero attached hydrogens (tertiary/aromatic N) is 2. The first-order valence-corrected chi connectivity index (χ1v) is 43.5. The molecule has 730 valence electrons. The fourth-order valence-corrected chi connectivity index (χ4v) is 9.74. The van der Waals surface area contributed by atoms with E-state index < -0.39 is 11.9 Å². The molecule has 1 unspecified atom stereocenters. The summed E-state index contributed by atoms with van der Waals surface area (Å²) in [6, 6.07) is -0.572. The Morgan fingerprint density at radius 1 is 0.228 bits per heavy atom. The van der Waals surface area contributed by atoms with Gasteiger partial charge in [0.2, 0.25) is 29.5 Å². The molecule has 0 aliphatic heterocycles. The number of rotatable bonds is 107. The topological polar surface area (TPSA) is 443 Å². The Bertz CT molecular complexity index is 2190. The molecule has 0 saturated heterocycles. The summed E-state index contributed by atoms with van der Waals surface area (Å²) in [5, 5.41) is 11.4. The SMILES string of the molecule is COCCOCCOCCOCCNC(=O)CCCNC(=O)CN(CCOCCOCCOCCOCCOCCOCCOCCOCCOCCOCCOC)CC(N)CCC(=O)N(CCOCCOCCOCCOCCOCCOCCOCCOCCOCCOCCOC)CC(=O)NCCCC(=O)NCCOCCOCCOCCOC. The van der Waals surface area contributed by atoms with Crippen LogP contribution in [0.3, 0.4) is 0 Å². The Morgan fingerprint density at radius 3 is 0.659 bits per heavy atom. The predicted molar refractivity (Wildman–Crippen MR) is 450 cm³/mol. The monoisotopic (exact) mass is 1790 g/mol. The number of nitrogens with one attached hydrogen (secondary N) is 4. The van der Waals surface area contributed by atoms with Crippen molar-refractivity contribution in [3.63, 3.8) is 0 Å². The summed E-state index contributed by atoms with van der Waals surface area (Å²) in [5.41, 5.74) is 6.72. The molecule has 0 fully saturated rings. The normalized spacial score (nSPS) is 11.9. The molecule has 0 heterocycles. The van der Waals surface area contributed by atoms with E-state index in [1.807, 2.05) is 4.90 Å². The van der Waals surface area contributed by atoms with Crippen LogP contribution in [0.5, 0.6) is 0 Å². The van der Waals surface area contributed by atoms with E-state index in [-0.39, 0.29) is 122 Å². The number of methoxy groups -OCH3 is 4. The predicted octanol–water partition coefficient (Wildman–Crippen LogP) is -1.73. The lowest BCUT2D eigenvalue weighted by molar-refractivity contribution is -0.137. The van der Waals surface area contributed by atoms with E-state index in [2.05, 4.69) is 21.3 Å². The van der Waals surface area contributed by atoms with Crippen LogP contribution in [0.2, 0.25) is 0 Å². The van der Waals surface area contributed by atoms with Gasteiger partial charge in [-0.1, -0.05) is 0 Å². The highest BCUT2D eigenvalue weighted by molar-refractivity contribution is 5.85. The zero-order valence-electron chi connectivity index (χ0n) is 75.0. The second kappa shape index (κ2) is 103. The molecular formula is C81H161N7O35. The van der Waals surface area contributed by atoms with Crippen molar-refractivity contribution in [1.82, 2.24) is 31.1 Å². The number of carbonyl (C=O) groups excluding carboxylic acids is 5. The quantitative estimate of drug-likeness (QED) is 0.0422. The molecule has 0 aliphatic carbocycles. The van der Waals surface area contributed by atoms with Crippen molar-refractivity contribution in [1.29, 1.82) is 0 Å². The van der Waals surface area contributed by atoms with E-state index >= 15 is 0 Å². The van der Waals surface area contributed by atoms with Gasteiger partial charge in [-0.05, 0) is 19.3 Å². The second-order valence-corrected chi connectivity index (χ2v) is 26.3. The fourth-order valence-electron chi connectivity index (χ4n) is 9.74. The Hall–Kier alpha value is -3.93. The van der Waals surface area contributed by atoms with Gasteiger partial charge < -0.3 is 174 Å². The third-order valence-corrected chi connectivity index (χ3v) is 16.2. The zero-order valence-corrected chi connectivity index (χ0v) is 75.0. The lowest BCUT2D eigenvalue weighted by atomic mass is 10.1. The van der Waals surface area contributed by atoms with Gasteiger partial charge in [-0.2, -0.15) is 0 Å². The number of nitrogens with two attached hydrogens (primary N) is 1. The molecule has 0 aliphatic rings. The minimum atomic E-state index is -0.572. The molecule has 0 aromatic carbocycles. The van der Waals surface area contributed by atoms with Crippen molar-refractivity contribution >= 4 is 29.5 Å². The van der Waals surface area contributed by atoms with Crippen LogP contribution in [0.25, 0.3) is 0 Å². The van der Waals surface area contributed by atoms with Crippen LogP contribution >= 0.6 is 0 Å². The molecule has 1 atom stereocenters. The second-order valence-electron chi connectivity index (χ2n) is 26.3. The number of amides is 5. The van der Waals surface area contributed by atoms with E-state index in [0.29, 0.717) is 369 Å². The Kier molecular flexibility index (Phi) is 100. The van der Waals surface area contributed by atoms with Crippen LogP contribution in [0.1, 0.15) is 38.5 Å². The van der Waals surface area contributed by atoms with Crippen LogP contribution in [0, 0.1) is 0 Å². The highest BCUT2D eigenvalue weighted by atomic mass is 16.6. The molecule has 0 bridgehead atoms. The molecule has 0 saturated carbocycles. The third-order valence-electron chi connectivity index (χ3n) is 16.2. The number of ether oxygens (including phenoxy) is 30. The fraction of sp³-hybridized carbons (Fsp3) is 0.938. The van der Waals surface area contributed by atoms with Crippen molar-refractivity contribution in [3.8, 4) is 0 Å². The van der Waals surface area contributed by atoms with E-state index in [0.717, 1.165) is 0 Å². The van der Waals surface area contributed by atoms with Gasteiger partial charge in [-0.3, -0.25) is 28.9 Å². The Labute approximate surface area is 731 Å². The lowest BCUT2D eigenvalue weighted by Gasteiger charge is -2.26. The van der Waals surface area contributed by atoms with Crippen molar-refractivity contribution in [2.75, 3.05) is 457 Å². The zero-order chi connectivity index (χ0) is 88.9. The molecule has 0 rings (SSSR count). The highest BCUT2D eigenvalue weighted by Crippen LogP contribution is 2.06. The average molecular weight is 1790 g/mol. The summed E-state index contributed by atoms with van der Waals surface area (Å²) in [6.07, 6.45) is 1.33. The minimum Gasteiger partial charge on any atom is -0.382 e. The lowest BCUT2D eigenvalue weighted by Crippen LogP contribution is -2.46. The van der Waals surface area contributed by atoms with Gasteiger partial charge in [0.05, 0.1) is 383 Å². The largest absolute Gasteiger partial charge is 0.382 e. The molecule has 0 radical (unpaired) electrons. The third kappa shape index (κ3) is 98.5. The molecule has 42 nitrogen and oxygen atoms in total. The van der Waals surface area contributed by atoms with Crippen molar-refractivity contribution in [2.45, 2.75) is 44.6 Å². The van der Waals surface area contributed by atoms with Crippen molar-refractivity contribution in [3.05, 3.63) is 0 Å². The van der Waals surface area contributed by atoms with Gasteiger partial charge in [0.15, 0.2) is 0 Å². The summed E-state index contributed by atoms with van der Waals surface area (Å²) in [4.78, 5) is 69.2. The van der Waals surface area contributed by atoms with Gasteiger partial charge in [0.25, 0.3) is 0 Å². The molecule has 5 amide bonds. The van der Waals surface area contributed by atoms with Gasteiger partial charge in [0.1, 0.15) is 0 Å². The van der Waals surface area contributed by atoms with Crippen LogP contribution in [0.4, 0.5) is 0 Å². The molecule has 0 aromatic rings. The molecule has 42 heteroatoms. The first-order valence-electron chi connectivity index (χ1n) is 43.5. The average Bonchev–Trinajstić information content (AvgIpc) is 0.905. The summed E-state index contributed by atoms with van der Waals surface area (Å²) in [5.74, 6) is -1.40. The number of hydrogen-bond acceptors (Lipinski definition) is 37. The van der Waals surface area contributed by atoms with Gasteiger partial charge in [-0.25, -0.2) is 0 Å². The molecule has 0 spiro atoms. The number of hydrogen-bond donors (Lipinski definition) is 5. The first-order chi connectivity index (χ1) is 60.7. The molecule has 123 heavy (non-hydrogen) atoms. The summed E-state index contributed by atoms with van der Waals surface area (Å²) >= 11 is 0. The minimum absolute atomic E-state index is 0.0117. The molecular weight excluding hydrogens is 1630 g/mol. The standard InChI is InChI=1S/C81H161N7O35/c1-94-21-25-102-37-41-106-33-29-98-17-13-85-77(89)7-5-11-83-79(91)74-87(15-19-100-31-35-108-45-47-112-53-55-116-61-63-120-69-71-122-67-65-118-59-57-114-51-49-110-43-39-104-27-23-96-3)73-76(82)9-10-81(93)88(75-80(92)84-12-6-8-78(90)86-14-18-99-30-34-107-42-38-103-26-22-95-2)16-20-101-32-36-109-46-48-113-54-56-117-62-64-121-70-72-123-68-66-119-60-58-115-52-50-111-44-40-105-28-24-97-4/h76H,5-75,82H2,1-4H3,(H,83,91)(H,84,92)(H,85,89)(H,86,90). The van der Waals surface area contributed by atoms with Gasteiger partial charge in [-0.15, -0.1) is 0 Å². The van der Waals surface area contributed by atoms with E-state index in [1.54, 1.807) is 28.4 Å². The van der Waals surface area contributed by atoms with Gasteiger partial charge >= 0.3 is 0 Å². The van der Waals surface area contributed by atoms with Crippen molar-refractivity contribution < 1.29 is 166 Å². The maximum absolute atomic E-state index is 14.0. The van der Waals surface area contributed by atoms with Crippen LogP contribution in [-0.4, -0.2) is 503 Å². The first kappa shape index (κ1) is 119. The van der Waals surface area contributed by atoms with E-state index in [1.165, 1.54) is 4.90 Å². The van der Waals surface area contributed by atoms with Gasteiger partial charge in [0, 0.05) is 99.6 Å². The Balaban J connectivity index is 5.11. The molecule has 6 N–H and O–H groups in total. The molecule has 0 aromatic heterocycles. The number of carbonyl (C=O) groups is 5. The maximum atomic E-state index is 14.0. The van der Waals surface area contributed by atoms with Crippen LogP contribution < -0.4 is 27.0 Å².